The lowest BCUT2D eigenvalue weighted by molar-refractivity contribution is -0.156. The SMILES string of the molecule is CCCCC(=O)O[C@H]1CCC[C@@H]1N1C(=O)C=CC1=O. The molecule has 0 unspecified atom stereocenters. The highest BCUT2D eigenvalue weighted by Gasteiger charge is 2.40. The normalized spacial score (nSPS) is 26.3. The van der Waals surface area contributed by atoms with Crippen molar-refractivity contribution < 1.29 is 19.1 Å². The van der Waals surface area contributed by atoms with E-state index < -0.39 is 0 Å². The van der Waals surface area contributed by atoms with Crippen molar-refractivity contribution in [2.24, 2.45) is 0 Å². The highest BCUT2D eigenvalue weighted by atomic mass is 16.5. The van der Waals surface area contributed by atoms with Gasteiger partial charge in [0, 0.05) is 18.6 Å². The molecule has 1 fully saturated rings. The average molecular weight is 265 g/mol. The van der Waals surface area contributed by atoms with Gasteiger partial charge in [0.2, 0.25) is 0 Å². The average Bonchev–Trinajstić information content (AvgIpc) is 2.94. The van der Waals surface area contributed by atoms with Crippen molar-refractivity contribution in [3.8, 4) is 0 Å². The quantitative estimate of drug-likeness (QED) is 0.559. The van der Waals surface area contributed by atoms with Crippen molar-refractivity contribution in [1.82, 2.24) is 4.90 Å². The molecule has 0 aromatic rings. The van der Waals surface area contributed by atoms with E-state index in [0.717, 1.165) is 25.7 Å². The van der Waals surface area contributed by atoms with Gasteiger partial charge in [0.25, 0.3) is 11.8 Å². The Morgan fingerprint density at radius 2 is 2.00 bits per heavy atom. The third kappa shape index (κ3) is 3.03. The van der Waals surface area contributed by atoms with Crippen LogP contribution in [0.25, 0.3) is 0 Å². The molecular weight excluding hydrogens is 246 g/mol. The summed E-state index contributed by atoms with van der Waals surface area (Å²) in [4.78, 5) is 36.2. The Labute approximate surface area is 112 Å². The minimum atomic E-state index is -0.336. The Morgan fingerprint density at radius 3 is 2.63 bits per heavy atom. The van der Waals surface area contributed by atoms with Crippen LogP contribution in [0.2, 0.25) is 0 Å². The number of ether oxygens (including phenoxy) is 1. The number of carbonyl (C=O) groups is 3. The lowest BCUT2D eigenvalue weighted by Gasteiger charge is -2.27. The maximum absolute atomic E-state index is 11.7. The van der Waals surface area contributed by atoms with Gasteiger partial charge in [-0.05, 0) is 25.7 Å². The van der Waals surface area contributed by atoms with E-state index in [1.165, 1.54) is 17.1 Å². The van der Waals surface area contributed by atoms with Gasteiger partial charge in [-0.15, -0.1) is 0 Å². The summed E-state index contributed by atoms with van der Waals surface area (Å²) in [6, 6.07) is -0.291. The summed E-state index contributed by atoms with van der Waals surface area (Å²) in [5, 5.41) is 0. The van der Waals surface area contributed by atoms with Gasteiger partial charge in [0.05, 0.1) is 6.04 Å². The number of nitrogens with zero attached hydrogens (tertiary/aromatic N) is 1. The van der Waals surface area contributed by atoms with Crippen LogP contribution >= 0.6 is 0 Å². The van der Waals surface area contributed by atoms with Gasteiger partial charge in [0.15, 0.2) is 0 Å². The molecule has 2 atom stereocenters. The molecule has 104 valence electrons. The van der Waals surface area contributed by atoms with Crippen molar-refractivity contribution >= 4 is 17.8 Å². The number of hydrogen-bond donors (Lipinski definition) is 0. The van der Waals surface area contributed by atoms with Gasteiger partial charge in [0.1, 0.15) is 6.10 Å². The van der Waals surface area contributed by atoms with Crippen LogP contribution in [0.3, 0.4) is 0 Å². The molecule has 1 heterocycles. The van der Waals surface area contributed by atoms with Gasteiger partial charge in [-0.3, -0.25) is 19.3 Å². The summed E-state index contributed by atoms with van der Waals surface area (Å²) in [6.45, 7) is 2.01. The maximum atomic E-state index is 11.7. The fourth-order valence-electron chi connectivity index (χ4n) is 2.63. The van der Waals surface area contributed by atoms with Crippen LogP contribution in [0, 0.1) is 0 Å². The highest BCUT2D eigenvalue weighted by Crippen LogP contribution is 2.29. The Bertz CT molecular complexity index is 398. The Kier molecular flexibility index (Phi) is 4.35. The molecule has 1 aliphatic carbocycles. The second kappa shape index (κ2) is 5.99. The molecule has 2 aliphatic rings. The topological polar surface area (TPSA) is 63.7 Å². The summed E-state index contributed by atoms with van der Waals surface area (Å²) in [7, 11) is 0. The summed E-state index contributed by atoms with van der Waals surface area (Å²) in [5.74, 6) is -0.830. The second-order valence-corrected chi connectivity index (χ2v) is 5.01. The summed E-state index contributed by atoms with van der Waals surface area (Å²) < 4.78 is 5.42. The molecule has 2 amide bonds. The van der Waals surface area contributed by atoms with Crippen molar-refractivity contribution in [2.45, 2.75) is 57.6 Å². The van der Waals surface area contributed by atoms with Crippen LogP contribution in [0.1, 0.15) is 45.4 Å². The molecule has 0 aromatic heterocycles. The zero-order valence-corrected chi connectivity index (χ0v) is 11.1. The molecule has 5 heteroatoms. The first kappa shape index (κ1) is 13.8. The predicted molar refractivity (Wildman–Crippen MR) is 68.0 cm³/mol. The van der Waals surface area contributed by atoms with Crippen molar-refractivity contribution in [2.75, 3.05) is 0 Å². The standard InChI is InChI=1S/C14H19NO4/c1-2-3-7-14(18)19-11-6-4-5-10(11)15-12(16)8-9-13(15)17/h8-11H,2-7H2,1H3/t10-,11-/m0/s1. The largest absolute Gasteiger partial charge is 0.460 e. The Morgan fingerprint density at radius 1 is 1.32 bits per heavy atom. The lowest BCUT2D eigenvalue weighted by atomic mass is 10.1. The number of carbonyl (C=O) groups excluding carboxylic acids is 3. The monoisotopic (exact) mass is 265 g/mol. The molecule has 5 nitrogen and oxygen atoms in total. The van der Waals surface area contributed by atoms with Gasteiger partial charge < -0.3 is 4.74 Å². The molecule has 0 aromatic carbocycles. The van der Waals surface area contributed by atoms with E-state index in [1.807, 2.05) is 6.92 Å². The Balaban J connectivity index is 1.95. The fraction of sp³-hybridized carbons (Fsp3) is 0.643. The molecule has 1 saturated carbocycles. The van der Waals surface area contributed by atoms with Crippen LogP contribution < -0.4 is 0 Å². The van der Waals surface area contributed by atoms with Crippen LogP contribution in [0.15, 0.2) is 12.2 Å². The zero-order valence-electron chi connectivity index (χ0n) is 11.1. The van der Waals surface area contributed by atoms with Gasteiger partial charge in [-0.1, -0.05) is 13.3 Å². The zero-order chi connectivity index (χ0) is 13.8. The second-order valence-electron chi connectivity index (χ2n) is 5.01. The summed E-state index contributed by atoms with van der Waals surface area (Å²) >= 11 is 0. The number of imide groups is 1. The van der Waals surface area contributed by atoms with E-state index in [2.05, 4.69) is 0 Å². The Hall–Kier alpha value is -1.65. The minimum Gasteiger partial charge on any atom is -0.460 e. The smallest absolute Gasteiger partial charge is 0.306 e. The van der Waals surface area contributed by atoms with Gasteiger partial charge in [-0.25, -0.2) is 0 Å². The van der Waals surface area contributed by atoms with E-state index in [9.17, 15) is 14.4 Å². The molecule has 0 saturated heterocycles. The number of unbranched alkanes of at least 4 members (excludes halogenated alkanes) is 1. The van der Waals surface area contributed by atoms with E-state index in [1.54, 1.807) is 0 Å². The number of hydrogen-bond acceptors (Lipinski definition) is 4. The highest BCUT2D eigenvalue weighted by molar-refractivity contribution is 6.13. The molecular formula is C14H19NO4. The molecule has 0 N–H and O–H groups in total. The van der Waals surface area contributed by atoms with Crippen LogP contribution in [-0.4, -0.2) is 34.8 Å². The van der Waals surface area contributed by atoms with Crippen molar-refractivity contribution in [3.05, 3.63) is 12.2 Å². The number of amides is 2. The van der Waals surface area contributed by atoms with E-state index in [4.69, 9.17) is 4.74 Å². The third-order valence-corrected chi connectivity index (χ3v) is 3.61. The molecule has 0 radical (unpaired) electrons. The molecule has 0 bridgehead atoms. The summed E-state index contributed by atoms with van der Waals surface area (Å²) in [5.41, 5.74) is 0. The van der Waals surface area contributed by atoms with Crippen molar-refractivity contribution in [3.63, 3.8) is 0 Å². The first-order valence-electron chi connectivity index (χ1n) is 6.88. The minimum absolute atomic E-state index is 0.231. The van der Waals surface area contributed by atoms with Crippen LogP contribution in [0.5, 0.6) is 0 Å². The number of esters is 1. The van der Waals surface area contributed by atoms with Crippen LogP contribution in [-0.2, 0) is 19.1 Å². The van der Waals surface area contributed by atoms with E-state index in [0.29, 0.717) is 12.8 Å². The van der Waals surface area contributed by atoms with Gasteiger partial charge in [-0.2, -0.15) is 0 Å². The first-order chi connectivity index (χ1) is 9.13. The fourth-order valence-corrected chi connectivity index (χ4v) is 2.63. The van der Waals surface area contributed by atoms with E-state index >= 15 is 0 Å². The summed E-state index contributed by atoms with van der Waals surface area (Å²) in [6.07, 6.45) is 6.66. The first-order valence-corrected chi connectivity index (χ1v) is 6.88. The van der Waals surface area contributed by atoms with Gasteiger partial charge >= 0.3 is 5.97 Å². The predicted octanol–water partition coefficient (Wildman–Crippen LogP) is 1.57. The number of rotatable bonds is 5. The molecule has 2 rings (SSSR count). The van der Waals surface area contributed by atoms with Crippen LogP contribution in [0.4, 0.5) is 0 Å². The van der Waals surface area contributed by atoms with E-state index in [-0.39, 0.29) is 29.9 Å². The maximum Gasteiger partial charge on any atom is 0.306 e. The third-order valence-electron chi connectivity index (χ3n) is 3.61. The lowest BCUT2D eigenvalue weighted by Crippen LogP contribution is -2.45. The van der Waals surface area contributed by atoms with Crippen molar-refractivity contribution in [1.29, 1.82) is 0 Å². The molecule has 0 spiro atoms. The molecule has 1 aliphatic heterocycles. The molecule has 19 heavy (non-hydrogen) atoms.